The van der Waals surface area contributed by atoms with E-state index in [-0.39, 0.29) is 13.1 Å². The van der Waals surface area contributed by atoms with Crippen molar-refractivity contribution in [1.29, 1.82) is 0 Å². The molecule has 1 aliphatic heterocycles. The average molecular weight is 351 g/mol. The first-order valence-corrected chi connectivity index (χ1v) is 8.97. The normalized spacial score (nSPS) is 19.8. The van der Waals surface area contributed by atoms with Gasteiger partial charge >= 0.3 is 19.1 Å². The molecule has 1 aromatic rings. The van der Waals surface area contributed by atoms with Crippen LogP contribution in [0.25, 0.3) is 0 Å². The molecular weight excluding hydrogens is 329 g/mol. The lowest BCUT2D eigenvalue weighted by Gasteiger charge is -2.22. The molecule has 2 aliphatic rings. The number of nitrogens with zero attached hydrogens (tertiary/aromatic N) is 3. The van der Waals surface area contributed by atoms with Gasteiger partial charge in [0.15, 0.2) is 5.13 Å². The van der Waals surface area contributed by atoms with Crippen molar-refractivity contribution in [3.63, 3.8) is 0 Å². The van der Waals surface area contributed by atoms with Crippen molar-refractivity contribution in [3.05, 3.63) is 5.69 Å². The Morgan fingerprint density at radius 3 is 2.33 bits per heavy atom. The van der Waals surface area contributed by atoms with Gasteiger partial charge in [0, 0.05) is 19.0 Å². The minimum atomic E-state index is -0.985. The number of likely N-dealkylation sites (N-methyl/N-ethyl adjacent to an activating group) is 1. The first-order chi connectivity index (χ1) is 11.3. The van der Waals surface area contributed by atoms with Gasteiger partial charge in [0.05, 0.1) is 23.6 Å². The van der Waals surface area contributed by atoms with Gasteiger partial charge in [-0.3, -0.25) is 14.5 Å². The zero-order valence-electron chi connectivity index (χ0n) is 14.4. The molecule has 0 radical (unpaired) electrons. The summed E-state index contributed by atoms with van der Waals surface area (Å²) < 4.78 is 11.6. The molecule has 1 saturated carbocycles. The molecule has 0 bridgehead atoms. The highest BCUT2D eigenvalue weighted by Crippen LogP contribution is 2.41. The third kappa shape index (κ3) is 3.72. The van der Waals surface area contributed by atoms with Gasteiger partial charge in [-0.05, 0) is 33.7 Å². The molecule has 1 saturated heterocycles. The zero-order chi connectivity index (χ0) is 17.4. The van der Waals surface area contributed by atoms with E-state index in [9.17, 15) is 9.59 Å². The summed E-state index contributed by atoms with van der Waals surface area (Å²) in [5.74, 6) is -0.427. The van der Waals surface area contributed by atoms with E-state index in [4.69, 9.17) is 14.3 Å². The second kappa shape index (κ2) is 6.72. The Morgan fingerprint density at radius 2 is 1.83 bits per heavy atom. The van der Waals surface area contributed by atoms with Crippen molar-refractivity contribution in [2.75, 3.05) is 32.1 Å². The van der Waals surface area contributed by atoms with E-state index in [2.05, 4.69) is 18.7 Å². The van der Waals surface area contributed by atoms with Gasteiger partial charge in [-0.1, -0.05) is 0 Å². The standard InChI is InChI=1S/C15H22BN3O4S/c1-9(2)19(4)15-17-13(10-5-6-10)14(24-15)16-22-11(20)7-18(3)8-12(21)23-16/h9-10H,5-8H2,1-4H3. The van der Waals surface area contributed by atoms with Crippen LogP contribution >= 0.6 is 11.3 Å². The summed E-state index contributed by atoms with van der Waals surface area (Å²) in [7, 11) is 2.68. The van der Waals surface area contributed by atoms with Crippen molar-refractivity contribution in [1.82, 2.24) is 9.88 Å². The number of carbonyl (C=O) groups excluding carboxylic acids is 2. The Morgan fingerprint density at radius 1 is 1.25 bits per heavy atom. The summed E-state index contributed by atoms with van der Waals surface area (Å²) in [6.45, 7) is 4.32. The molecule has 2 fully saturated rings. The van der Waals surface area contributed by atoms with Gasteiger partial charge in [0.2, 0.25) is 0 Å². The van der Waals surface area contributed by atoms with Crippen LogP contribution in [-0.4, -0.2) is 62.2 Å². The van der Waals surface area contributed by atoms with E-state index < -0.39 is 19.1 Å². The molecule has 2 heterocycles. The van der Waals surface area contributed by atoms with Crippen molar-refractivity contribution >= 4 is 40.3 Å². The maximum absolute atomic E-state index is 12.0. The third-order valence-electron chi connectivity index (χ3n) is 4.20. The van der Waals surface area contributed by atoms with Gasteiger partial charge in [0.1, 0.15) is 0 Å². The molecule has 0 aromatic carbocycles. The summed E-state index contributed by atoms with van der Waals surface area (Å²) in [4.78, 5) is 32.4. The minimum absolute atomic E-state index is 0.0713. The zero-order valence-corrected chi connectivity index (χ0v) is 15.3. The van der Waals surface area contributed by atoms with Crippen LogP contribution in [0.4, 0.5) is 5.13 Å². The van der Waals surface area contributed by atoms with E-state index in [1.54, 1.807) is 11.9 Å². The molecule has 0 atom stereocenters. The smallest absolute Gasteiger partial charge is 0.494 e. The summed E-state index contributed by atoms with van der Waals surface area (Å²) in [6, 6.07) is 0.298. The molecule has 0 amide bonds. The summed E-state index contributed by atoms with van der Waals surface area (Å²) in [5.41, 5.74) is 0.905. The number of carbonyl (C=O) groups is 2. The summed E-state index contributed by atoms with van der Waals surface area (Å²) in [5, 5.41) is 0.855. The van der Waals surface area contributed by atoms with Gasteiger partial charge < -0.3 is 14.2 Å². The molecule has 9 heteroatoms. The number of thiazole rings is 1. The fourth-order valence-electron chi connectivity index (χ4n) is 2.46. The maximum Gasteiger partial charge on any atom is 0.649 e. The van der Waals surface area contributed by atoms with Gasteiger partial charge in [0.25, 0.3) is 0 Å². The molecule has 0 N–H and O–H groups in total. The van der Waals surface area contributed by atoms with Crippen molar-refractivity contribution in [2.45, 2.75) is 38.6 Å². The second-order valence-corrected chi connectivity index (χ2v) is 7.72. The van der Waals surface area contributed by atoms with Crippen LogP contribution in [0.15, 0.2) is 0 Å². The predicted octanol–water partition coefficient (Wildman–Crippen LogP) is 0.592. The molecule has 1 aliphatic carbocycles. The molecule has 0 spiro atoms. The van der Waals surface area contributed by atoms with E-state index in [0.29, 0.717) is 12.0 Å². The molecule has 24 heavy (non-hydrogen) atoms. The van der Waals surface area contributed by atoms with Crippen LogP contribution in [0.5, 0.6) is 0 Å². The highest BCUT2D eigenvalue weighted by molar-refractivity contribution is 7.25. The quantitative estimate of drug-likeness (QED) is 0.736. The van der Waals surface area contributed by atoms with Crippen molar-refractivity contribution in [3.8, 4) is 0 Å². The molecule has 130 valence electrons. The maximum atomic E-state index is 12.0. The van der Waals surface area contributed by atoms with Crippen LogP contribution in [0, 0.1) is 0 Å². The SMILES string of the molecule is CC(C)N(C)c1nc(C2CC2)c(B2OC(=O)CN(C)CC(=O)O2)s1. The Bertz CT molecular complexity index is 627. The number of hydrogen-bond donors (Lipinski definition) is 0. The fraction of sp³-hybridized carbons (Fsp3) is 0.667. The van der Waals surface area contributed by atoms with Crippen LogP contribution in [0.3, 0.4) is 0 Å². The molecule has 3 rings (SSSR count). The highest BCUT2D eigenvalue weighted by atomic mass is 32.1. The van der Waals surface area contributed by atoms with Crippen LogP contribution in [0.2, 0.25) is 0 Å². The monoisotopic (exact) mass is 351 g/mol. The molecule has 7 nitrogen and oxygen atoms in total. The first kappa shape index (κ1) is 17.2. The summed E-state index contributed by atoms with van der Waals surface area (Å²) >= 11 is 1.44. The minimum Gasteiger partial charge on any atom is -0.494 e. The van der Waals surface area contributed by atoms with Crippen LogP contribution < -0.4 is 9.68 Å². The first-order valence-electron chi connectivity index (χ1n) is 8.16. The fourth-order valence-corrected chi connectivity index (χ4v) is 3.67. The van der Waals surface area contributed by atoms with Gasteiger partial charge in [-0.15, -0.1) is 11.3 Å². The average Bonchev–Trinajstić information content (AvgIpc) is 3.22. The highest BCUT2D eigenvalue weighted by Gasteiger charge is 2.42. The lowest BCUT2D eigenvalue weighted by atomic mass is 9.84. The van der Waals surface area contributed by atoms with E-state index >= 15 is 0 Å². The van der Waals surface area contributed by atoms with Crippen LogP contribution in [-0.2, 0) is 18.9 Å². The van der Waals surface area contributed by atoms with Gasteiger partial charge in [-0.2, -0.15) is 0 Å². The summed E-state index contributed by atoms with van der Waals surface area (Å²) in [6.07, 6.45) is 2.14. The molecular formula is C15H22BN3O4S. The number of rotatable bonds is 4. The third-order valence-corrected chi connectivity index (χ3v) is 5.38. The predicted molar refractivity (Wildman–Crippen MR) is 92.7 cm³/mol. The Kier molecular flexibility index (Phi) is 4.82. The Balaban J connectivity index is 1.91. The largest absolute Gasteiger partial charge is 0.649 e. The number of anilines is 1. The van der Waals surface area contributed by atoms with Gasteiger partial charge in [-0.25, -0.2) is 4.98 Å². The van der Waals surface area contributed by atoms with E-state index in [1.165, 1.54) is 11.3 Å². The van der Waals surface area contributed by atoms with Crippen molar-refractivity contribution in [2.24, 2.45) is 0 Å². The molecule has 0 unspecified atom stereocenters. The number of hydrogen-bond acceptors (Lipinski definition) is 8. The van der Waals surface area contributed by atoms with Crippen LogP contribution in [0.1, 0.15) is 38.3 Å². The second-order valence-electron chi connectivity index (χ2n) is 6.71. The molecule has 1 aromatic heterocycles. The topological polar surface area (TPSA) is 72.0 Å². The Labute approximate surface area is 146 Å². The number of aromatic nitrogens is 1. The lowest BCUT2D eigenvalue weighted by Crippen LogP contribution is -2.47. The Hall–Kier alpha value is -1.61. The van der Waals surface area contributed by atoms with E-state index in [1.807, 2.05) is 7.05 Å². The van der Waals surface area contributed by atoms with E-state index in [0.717, 1.165) is 28.4 Å². The van der Waals surface area contributed by atoms with Crippen molar-refractivity contribution < 1.29 is 18.9 Å². The lowest BCUT2D eigenvalue weighted by molar-refractivity contribution is -0.145.